The van der Waals surface area contributed by atoms with Crippen molar-refractivity contribution < 1.29 is 0 Å². The molecule has 0 spiro atoms. The van der Waals surface area contributed by atoms with Gasteiger partial charge in [-0.3, -0.25) is 0 Å². The van der Waals surface area contributed by atoms with Gasteiger partial charge in [0.15, 0.2) is 0 Å². The van der Waals surface area contributed by atoms with Gasteiger partial charge in [-0.05, 0) is 33.5 Å². The van der Waals surface area contributed by atoms with E-state index in [2.05, 4.69) is 52.1 Å². The van der Waals surface area contributed by atoms with Crippen LogP contribution >= 0.6 is 15.9 Å². The molecule has 16 heavy (non-hydrogen) atoms. The topological polar surface area (TPSA) is 17.8 Å². The number of aryl methyl sites for hydroxylation is 2. The molecule has 0 unspecified atom stereocenters. The molecule has 0 aliphatic rings. The highest BCUT2D eigenvalue weighted by molar-refractivity contribution is 9.10. The van der Waals surface area contributed by atoms with Crippen molar-refractivity contribution in [3.63, 3.8) is 0 Å². The summed E-state index contributed by atoms with van der Waals surface area (Å²) >= 11 is 3.54. The number of hydrogen-bond donors (Lipinski definition) is 0. The molecule has 0 fully saturated rings. The van der Waals surface area contributed by atoms with E-state index in [0.29, 0.717) is 0 Å². The van der Waals surface area contributed by atoms with E-state index in [-0.39, 0.29) is 0 Å². The number of halogens is 1. The van der Waals surface area contributed by atoms with E-state index in [4.69, 9.17) is 0 Å². The smallest absolute Gasteiger partial charge is 0.108 e. The molecule has 0 saturated carbocycles. The molecule has 0 bridgehead atoms. The van der Waals surface area contributed by atoms with Crippen LogP contribution in [-0.2, 0) is 19.9 Å². The van der Waals surface area contributed by atoms with Gasteiger partial charge in [-0.1, -0.05) is 31.2 Å². The van der Waals surface area contributed by atoms with Crippen molar-refractivity contribution >= 4 is 15.9 Å². The summed E-state index contributed by atoms with van der Waals surface area (Å²) in [5.74, 6) is 0. The van der Waals surface area contributed by atoms with E-state index in [1.54, 1.807) is 0 Å². The van der Waals surface area contributed by atoms with Gasteiger partial charge >= 0.3 is 0 Å². The average Bonchev–Trinajstić information content (AvgIpc) is 2.62. The molecule has 2 rings (SSSR count). The Kier molecular flexibility index (Phi) is 3.44. The number of rotatable bonds is 3. The van der Waals surface area contributed by atoms with Crippen molar-refractivity contribution in [2.24, 2.45) is 7.05 Å². The van der Waals surface area contributed by atoms with E-state index < -0.39 is 0 Å². The third-order valence-electron chi connectivity index (χ3n) is 2.74. The lowest BCUT2D eigenvalue weighted by Crippen LogP contribution is -1.91. The second-order valence-electron chi connectivity index (χ2n) is 3.94. The fraction of sp³-hybridized carbons (Fsp3) is 0.308. The van der Waals surface area contributed by atoms with Crippen LogP contribution in [0.2, 0.25) is 0 Å². The summed E-state index contributed by atoms with van der Waals surface area (Å²) in [6.07, 6.45) is 3.80. The quantitative estimate of drug-likeness (QED) is 0.842. The van der Waals surface area contributed by atoms with Gasteiger partial charge in [0.1, 0.15) is 4.60 Å². The third-order valence-corrected chi connectivity index (χ3v) is 3.75. The van der Waals surface area contributed by atoms with Gasteiger partial charge in [-0.15, -0.1) is 0 Å². The van der Waals surface area contributed by atoms with Gasteiger partial charge in [0.25, 0.3) is 0 Å². The lowest BCUT2D eigenvalue weighted by Gasteiger charge is -2.02. The fourth-order valence-electron chi connectivity index (χ4n) is 1.67. The maximum Gasteiger partial charge on any atom is 0.108 e. The first-order chi connectivity index (χ1) is 7.70. The molecule has 0 N–H and O–H groups in total. The number of nitrogens with zero attached hydrogens (tertiary/aromatic N) is 2. The Bertz CT molecular complexity index is 471. The molecule has 0 radical (unpaired) electrons. The molecule has 84 valence electrons. The number of imidazole rings is 1. The molecular formula is C13H15BrN2. The summed E-state index contributed by atoms with van der Waals surface area (Å²) < 4.78 is 3.04. The zero-order valence-electron chi connectivity index (χ0n) is 9.57. The van der Waals surface area contributed by atoms with Crippen LogP contribution in [-0.4, -0.2) is 9.55 Å². The predicted octanol–water partition coefficient (Wildman–Crippen LogP) is 3.34. The molecule has 0 aliphatic carbocycles. The minimum atomic E-state index is 0.880. The zero-order chi connectivity index (χ0) is 11.5. The van der Waals surface area contributed by atoms with Gasteiger partial charge in [-0.2, -0.15) is 0 Å². The van der Waals surface area contributed by atoms with Gasteiger partial charge in [-0.25, -0.2) is 4.98 Å². The fourth-order valence-corrected chi connectivity index (χ4v) is 2.00. The Morgan fingerprint density at radius 1 is 1.19 bits per heavy atom. The molecule has 0 aliphatic heterocycles. The summed E-state index contributed by atoms with van der Waals surface area (Å²) in [6, 6.07) is 8.73. The highest BCUT2D eigenvalue weighted by Crippen LogP contribution is 2.18. The van der Waals surface area contributed by atoms with E-state index in [1.165, 1.54) is 11.1 Å². The van der Waals surface area contributed by atoms with Gasteiger partial charge in [0, 0.05) is 13.5 Å². The predicted molar refractivity (Wildman–Crippen MR) is 69.5 cm³/mol. The largest absolute Gasteiger partial charge is 0.328 e. The van der Waals surface area contributed by atoms with Crippen molar-refractivity contribution in [1.82, 2.24) is 9.55 Å². The van der Waals surface area contributed by atoms with Crippen LogP contribution < -0.4 is 0 Å². The molecule has 1 aromatic carbocycles. The Morgan fingerprint density at radius 2 is 1.81 bits per heavy atom. The van der Waals surface area contributed by atoms with Crippen LogP contribution in [0.3, 0.4) is 0 Å². The number of hydrogen-bond acceptors (Lipinski definition) is 1. The molecule has 0 amide bonds. The highest BCUT2D eigenvalue weighted by atomic mass is 79.9. The van der Waals surface area contributed by atoms with Crippen molar-refractivity contribution in [2.75, 3.05) is 0 Å². The van der Waals surface area contributed by atoms with E-state index >= 15 is 0 Å². The molecular weight excluding hydrogens is 264 g/mol. The van der Waals surface area contributed by atoms with Crippen LogP contribution in [0.15, 0.2) is 35.2 Å². The first-order valence-corrected chi connectivity index (χ1v) is 6.23. The van der Waals surface area contributed by atoms with Crippen LogP contribution in [0.5, 0.6) is 0 Å². The third kappa shape index (κ3) is 2.35. The van der Waals surface area contributed by atoms with Crippen LogP contribution in [0.1, 0.15) is 23.7 Å². The Hall–Kier alpha value is -1.09. The molecule has 2 aromatic rings. The minimum absolute atomic E-state index is 0.880. The summed E-state index contributed by atoms with van der Waals surface area (Å²) in [4.78, 5) is 4.37. The SMILES string of the molecule is CCc1ccc(Cc2ncn(C)c2Br)cc1. The van der Waals surface area contributed by atoms with Crippen molar-refractivity contribution in [2.45, 2.75) is 19.8 Å². The maximum absolute atomic E-state index is 4.37. The Balaban J connectivity index is 2.17. The van der Waals surface area contributed by atoms with E-state index in [9.17, 15) is 0 Å². The standard InChI is InChI=1S/C13H15BrN2/c1-3-10-4-6-11(7-5-10)8-12-13(14)16(2)9-15-12/h4-7,9H,3,8H2,1-2H3. The summed E-state index contributed by atoms with van der Waals surface area (Å²) in [5.41, 5.74) is 3.77. The monoisotopic (exact) mass is 278 g/mol. The number of aromatic nitrogens is 2. The lowest BCUT2D eigenvalue weighted by molar-refractivity contribution is 0.887. The molecule has 1 heterocycles. The summed E-state index contributed by atoms with van der Waals surface area (Å²) in [7, 11) is 1.99. The van der Waals surface area contributed by atoms with E-state index in [0.717, 1.165) is 23.1 Å². The number of benzene rings is 1. The molecule has 2 nitrogen and oxygen atoms in total. The first-order valence-electron chi connectivity index (χ1n) is 5.44. The second kappa shape index (κ2) is 4.83. The van der Waals surface area contributed by atoms with Gasteiger partial charge in [0.05, 0.1) is 12.0 Å². The summed E-state index contributed by atoms with van der Waals surface area (Å²) in [5, 5.41) is 0. The van der Waals surface area contributed by atoms with E-state index in [1.807, 2.05) is 17.9 Å². The molecule has 1 aromatic heterocycles. The Labute approximate surface area is 104 Å². The maximum atomic E-state index is 4.37. The van der Waals surface area contributed by atoms with Crippen molar-refractivity contribution in [3.8, 4) is 0 Å². The second-order valence-corrected chi connectivity index (χ2v) is 4.69. The van der Waals surface area contributed by atoms with Gasteiger partial charge in [0.2, 0.25) is 0 Å². The van der Waals surface area contributed by atoms with Crippen molar-refractivity contribution in [1.29, 1.82) is 0 Å². The van der Waals surface area contributed by atoms with Crippen LogP contribution in [0, 0.1) is 0 Å². The van der Waals surface area contributed by atoms with Crippen molar-refractivity contribution in [3.05, 3.63) is 52.0 Å². The zero-order valence-corrected chi connectivity index (χ0v) is 11.2. The Morgan fingerprint density at radius 3 is 2.31 bits per heavy atom. The highest BCUT2D eigenvalue weighted by Gasteiger charge is 2.06. The van der Waals surface area contributed by atoms with Gasteiger partial charge < -0.3 is 4.57 Å². The van der Waals surface area contributed by atoms with Crippen LogP contribution in [0.25, 0.3) is 0 Å². The summed E-state index contributed by atoms with van der Waals surface area (Å²) in [6.45, 7) is 2.17. The average molecular weight is 279 g/mol. The minimum Gasteiger partial charge on any atom is -0.328 e. The van der Waals surface area contributed by atoms with Crippen LogP contribution in [0.4, 0.5) is 0 Å². The molecule has 3 heteroatoms. The first kappa shape index (κ1) is 11.4. The molecule has 0 atom stereocenters. The lowest BCUT2D eigenvalue weighted by atomic mass is 10.1. The normalized spacial score (nSPS) is 10.7. The molecule has 0 saturated heterocycles.